The maximum atomic E-state index is 12.8. The second-order valence-corrected chi connectivity index (χ2v) is 7.23. The number of benzene rings is 1. The van der Waals surface area contributed by atoms with Crippen LogP contribution < -0.4 is 0 Å². The molecule has 26 heavy (non-hydrogen) atoms. The molecule has 1 aliphatic rings. The standard InChI is InChI=1S/C20H19ClN4O/c1-11-8-12(2)23-20(22-11)25-17-9-14(15-6-4-5-7-16(15)21)10-18(26)19(17)13(3)24-25/h4-8,14H,9-10H2,1-3H3/t14-/m0/s1. The van der Waals surface area contributed by atoms with Gasteiger partial charge < -0.3 is 0 Å². The number of carbonyl (C=O) groups is 1. The fourth-order valence-electron chi connectivity index (χ4n) is 3.75. The Kier molecular flexibility index (Phi) is 4.11. The van der Waals surface area contributed by atoms with Crippen LogP contribution >= 0.6 is 11.6 Å². The fraction of sp³-hybridized carbons (Fsp3) is 0.300. The lowest BCUT2D eigenvalue weighted by atomic mass is 9.81. The van der Waals surface area contributed by atoms with E-state index in [4.69, 9.17) is 11.6 Å². The SMILES string of the molecule is Cc1cc(C)nc(-n2nc(C)c3c2C[C@H](c2ccccc2Cl)CC3=O)n1. The Balaban J connectivity index is 1.84. The van der Waals surface area contributed by atoms with Crippen LogP contribution in [0.4, 0.5) is 0 Å². The quantitative estimate of drug-likeness (QED) is 0.683. The maximum Gasteiger partial charge on any atom is 0.251 e. The zero-order valence-electron chi connectivity index (χ0n) is 15.0. The molecule has 132 valence electrons. The topological polar surface area (TPSA) is 60.7 Å². The molecular weight excluding hydrogens is 348 g/mol. The number of hydrogen-bond acceptors (Lipinski definition) is 4. The highest BCUT2D eigenvalue weighted by molar-refractivity contribution is 6.31. The number of Topliss-reactive ketones (excluding diaryl/α,β-unsaturated/α-hetero) is 1. The van der Waals surface area contributed by atoms with Crippen LogP contribution in [0.3, 0.4) is 0 Å². The Bertz CT molecular complexity index is 1000. The Morgan fingerprint density at radius 1 is 1.08 bits per heavy atom. The largest absolute Gasteiger partial charge is 0.294 e. The minimum absolute atomic E-state index is 0.0319. The molecule has 6 heteroatoms. The van der Waals surface area contributed by atoms with Gasteiger partial charge in [0.25, 0.3) is 5.95 Å². The highest BCUT2D eigenvalue weighted by Crippen LogP contribution is 2.37. The molecule has 2 heterocycles. The second kappa shape index (κ2) is 6.32. The second-order valence-electron chi connectivity index (χ2n) is 6.82. The third kappa shape index (κ3) is 2.82. The Hall–Kier alpha value is -2.53. The van der Waals surface area contributed by atoms with Crippen molar-refractivity contribution < 1.29 is 4.79 Å². The lowest BCUT2D eigenvalue weighted by Gasteiger charge is -2.23. The molecule has 0 radical (unpaired) electrons. The van der Waals surface area contributed by atoms with Crippen LogP contribution in [-0.2, 0) is 6.42 Å². The first-order chi connectivity index (χ1) is 12.4. The first-order valence-electron chi connectivity index (χ1n) is 8.63. The minimum Gasteiger partial charge on any atom is -0.294 e. The number of carbonyl (C=O) groups excluding carboxylic acids is 1. The predicted octanol–water partition coefficient (Wildman–Crippen LogP) is 4.15. The predicted molar refractivity (Wildman–Crippen MR) is 100 cm³/mol. The van der Waals surface area contributed by atoms with Crippen LogP contribution in [0.5, 0.6) is 0 Å². The van der Waals surface area contributed by atoms with Crippen molar-refractivity contribution >= 4 is 17.4 Å². The van der Waals surface area contributed by atoms with Gasteiger partial charge in [-0.1, -0.05) is 29.8 Å². The summed E-state index contributed by atoms with van der Waals surface area (Å²) in [6.45, 7) is 5.73. The fourth-order valence-corrected chi connectivity index (χ4v) is 4.04. The average Bonchev–Trinajstić information content (AvgIpc) is 2.91. The third-order valence-corrected chi connectivity index (χ3v) is 5.16. The van der Waals surface area contributed by atoms with Gasteiger partial charge in [-0.2, -0.15) is 5.10 Å². The van der Waals surface area contributed by atoms with Crippen LogP contribution in [0.15, 0.2) is 30.3 Å². The first-order valence-corrected chi connectivity index (χ1v) is 9.00. The highest BCUT2D eigenvalue weighted by Gasteiger charge is 2.33. The number of nitrogens with zero attached hydrogens (tertiary/aromatic N) is 4. The molecule has 0 bridgehead atoms. The number of aromatic nitrogens is 4. The van der Waals surface area contributed by atoms with Crippen LogP contribution in [-0.4, -0.2) is 25.5 Å². The molecule has 4 rings (SSSR count). The van der Waals surface area contributed by atoms with Crippen molar-refractivity contribution in [2.45, 2.75) is 39.5 Å². The van der Waals surface area contributed by atoms with E-state index in [-0.39, 0.29) is 11.7 Å². The first kappa shape index (κ1) is 16.9. The van der Waals surface area contributed by atoms with E-state index in [9.17, 15) is 4.79 Å². The Labute approximate surface area is 157 Å². The zero-order valence-corrected chi connectivity index (χ0v) is 15.7. The van der Waals surface area contributed by atoms with E-state index in [1.54, 1.807) is 4.68 Å². The summed E-state index contributed by atoms with van der Waals surface area (Å²) in [5.74, 6) is 0.646. The lowest BCUT2D eigenvalue weighted by Crippen LogP contribution is -2.21. The molecule has 0 saturated carbocycles. The van der Waals surface area contributed by atoms with E-state index in [0.29, 0.717) is 29.4 Å². The highest BCUT2D eigenvalue weighted by atomic mass is 35.5. The summed E-state index contributed by atoms with van der Waals surface area (Å²) in [5, 5.41) is 5.28. The molecule has 1 atom stereocenters. The van der Waals surface area contributed by atoms with Crippen LogP contribution in [0, 0.1) is 20.8 Å². The molecule has 0 aliphatic heterocycles. The van der Waals surface area contributed by atoms with Gasteiger partial charge >= 0.3 is 0 Å². The van der Waals surface area contributed by atoms with Crippen LogP contribution in [0.1, 0.15) is 51.0 Å². The summed E-state index contributed by atoms with van der Waals surface area (Å²) in [7, 11) is 0. The van der Waals surface area contributed by atoms with Crippen molar-refractivity contribution in [3.05, 3.63) is 69.3 Å². The molecule has 5 nitrogen and oxygen atoms in total. The summed E-state index contributed by atoms with van der Waals surface area (Å²) in [5.41, 5.74) is 5.05. The zero-order chi connectivity index (χ0) is 18.4. The average molecular weight is 367 g/mol. The Morgan fingerprint density at radius 3 is 2.46 bits per heavy atom. The monoisotopic (exact) mass is 366 g/mol. The summed E-state index contributed by atoms with van der Waals surface area (Å²) >= 11 is 6.38. The van der Waals surface area contributed by atoms with Gasteiger partial charge in [-0.15, -0.1) is 0 Å². The summed E-state index contributed by atoms with van der Waals surface area (Å²) in [6, 6.07) is 9.64. The van der Waals surface area contributed by atoms with Gasteiger partial charge in [0.1, 0.15) is 0 Å². The van der Waals surface area contributed by atoms with Gasteiger partial charge in [-0.3, -0.25) is 4.79 Å². The van der Waals surface area contributed by atoms with Gasteiger partial charge in [-0.05, 0) is 50.8 Å². The number of ketones is 1. The van der Waals surface area contributed by atoms with Crippen LogP contribution in [0.2, 0.25) is 5.02 Å². The van der Waals surface area contributed by atoms with Gasteiger partial charge in [-0.25, -0.2) is 14.6 Å². The van der Waals surface area contributed by atoms with Gasteiger partial charge in [0.15, 0.2) is 5.78 Å². The molecule has 1 aliphatic carbocycles. The third-order valence-electron chi connectivity index (χ3n) is 4.81. The number of halogens is 1. The number of aryl methyl sites for hydroxylation is 3. The lowest BCUT2D eigenvalue weighted by molar-refractivity contribution is 0.0963. The van der Waals surface area contributed by atoms with Crippen molar-refractivity contribution in [3.63, 3.8) is 0 Å². The van der Waals surface area contributed by atoms with Crippen molar-refractivity contribution in [2.75, 3.05) is 0 Å². The summed E-state index contributed by atoms with van der Waals surface area (Å²) in [4.78, 5) is 21.9. The van der Waals surface area contributed by atoms with E-state index in [0.717, 1.165) is 28.3 Å². The van der Waals surface area contributed by atoms with Gasteiger partial charge in [0.2, 0.25) is 0 Å². The summed E-state index contributed by atoms with van der Waals surface area (Å²) < 4.78 is 1.73. The van der Waals surface area contributed by atoms with Gasteiger partial charge in [0, 0.05) is 22.8 Å². The molecule has 0 unspecified atom stereocenters. The normalized spacial score (nSPS) is 16.6. The minimum atomic E-state index is 0.0319. The van der Waals surface area contributed by atoms with Crippen molar-refractivity contribution in [3.8, 4) is 5.95 Å². The molecule has 0 fully saturated rings. The molecule has 2 aromatic heterocycles. The van der Waals surface area contributed by atoms with E-state index in [2.05, 4.69) is 15.1 Å². The number of rotatable bonds is 2. The summed E-state index contributed by atoms with van der Waals surface area (Å²) in [6.07, 6.45) is 1.12. The Morgan fingerprint density at radius 2 is 1.77 bits per heavy atom. The van der Waals surface area contributed by atoms with Crippen molar-refractivity contribution in [1.29, 1.82) is 0 Å². The molecule has 0 saturated heterocycles. The molecular formula is C20H19ClN4O. The van der Waals surface area contributed by atoms with E-state index < -0.39 is 0 Å². The number of hydrogen-bond donors (Lipinski definition) is 0. The molecule has 1 aromatic carbocycles. The maximum absolute atomic E-state index is 12.8. The smallest absolute Gasteiger partial charge is 0.251 e. The van der Waals surface area contributed by atoms with Crippen molar-refractivity contribution in [2.24, 2.45) is 0 Å². The van der Waals surface area contributed by atoms with Gasteiger partial charge in [0.05, 0.1) is 17.0 Å². The molecule has 0 spiro atoms. The van der Waals surface area contributed by atoms with Crippen molar-refractivity contribution in [1.82, 2.24) is 19.7 Å². The van der Waals surface area contributed by atoms with E-state index in [1.165, 1.54) is 0 Å². The number of fused-ring (bicyclic) bond motifs is 1. The van der Waals surface area contributed by atoms with E-state index in [1.807, 2.05) is 51.1 Å². The van der Waals surface area contributed by atoms with Crippen LogP contribution in [0.25, 0.3) is 5.95 Å². The van der Waals surface area contributed by atoms with E-state index >= 15 is 0 Å². The molecule has 0 amide bonds. The molecule has 3 aromatic rings. The molecule has 0 N–H and O–H groups in total.